The van der Waals surface area contributed by atoms with Crippen molar-refractivity contribution in [2.45, 2.75) is 64.6 Å². The van der Waals surface area contributed by atoms with Crippen molar-refractivity contribution >= 4 is 6.09 Å². The topological polar surface area (TPSA) is 41.6 Å². The van der Waals surface area contributed by atoms with E-state index in [1.165, 1.54) is 12.8 Å². The number of nitrogens with zero attached hydrogens (tertiary/aromatic N) is 1. The number of hydrogen-bond acceptors (Lipinski definition) is 3. The molecule has 2 rings (SSSR count). The molecule has 1 aliphatic carbocycles. The Labute approximate surface area is 110 Å². The number of carbonyl (C=O) groups excluding carboxylic acids is 1. The molecule has 1 aliphatic heterocycles. The van der Waals surface area contributed by atoms with Gasteiger partial charge in [0.2, 0.25) is 0 Å². The van der Waals surface area contributed by atoms with Gasteiger partial charge < -0.3 is 15.0 Å². The number of amides is 1. The lowest BCUT2D eigenvalue weighted by molar-refractivity contribution is 0.0143. The first-order chi connectivity index (χ1) is 8.35. The average molecular weight is 254 g/mol. The Balaban J connectivity index is 1.81. The standard InChI is InChI=1S/C14H26N2O2/c1-10-9-16(13(17)18-14(2,3)4)8-7-12(10)15-11-5-6-11/h10-12,15H,5-9H2,1-4H3/t10-,12+/m1/s1. The third-order valence-corrected chi connectivity index (χ3v) is 3.58. The van der Waals surface area contributed by atoms with E-state index in [0.717, 1.165) is 25.6 Å². The molecule has 1 N–H and O–H groups in total. The molecule has 1 amide bonds. The molecule has 1 saturated carbocycles. The van der Waals surface area contributed by atoms with Gasteiger partial charge >= 0.3 is 6.09 Å². The predicted octanol–water partition coefficient (Wildman–Crippen LogP) is 2.38. The monoisotopic (exact) mass is 254 g/mol. The van der Waals surface area contributed by atoms with Crippen molar-refractivity contribution in [2.24, 2.45) is 5.92 Å². The van der Waals surface area contributed by atoms with Crippen LogP contribution in [0.4, 0.5) is 4.79 Å². The molecule has 4 heteroatoms. The fourth-order valence-corrected chi connectivity index (χ4v) is 2.44. The van der Waals surface area contributed by atoms with Gasteiger partial charge in [0.15, 0.2) is 0 Å². The van der Waals surface area contributed by atoms with Crippen LogP contribution in [0.15, 0.2) is 0 Å². The largest absolute Gasteiger partial charge is 0.444 e. The van der Waals surface area contributed by atoms with Crippen LogP contribution in [0, 0.1) is 5.92 Å². The molecule has 0 aromatic carbocycles. The van der Waals surface area contributed by atoms with Gasteiger partial charge in [-0.15, -0.1) is 0 Å². The molecule has 0 spiro atoms. The highest BCUT2D eigenvalue weighted by Crippen LogP contribution is 2.25. The van der Waals surface area contributed by atoms with Crippen molar-refractivity contribution in [3.05, 3.63) is 0 Å². The second-order valence-electron chi connectivity index (χ2n) is 6.74. The van der Waals surface area contributed by atoms with E-state index in [9.17, 15) is 4.79 Å². The van der Waals surface area contributed by atoms with Gasteiger partial charge in [-0.2, -0.15) is 0 Å². The summed E-state index contributed by atoms with van der Waals surface area (Å²) in [5.41, 5.74) is -0.399. The van der Waals surface area contributed by atoms with Crippen LogP contribution >= 0.6 is 0 Å². The zero-order valence-corrected chi connectivity index (χ0v) is 12.0. The Morgan fingerprint density at radius 2 is 1.94 bits per heavy atom. The lowest BCUT2D eigenvalue weighted by Crippen LogP contribution is -2.51. The number of rotatable bonds is 2. The summed E-state index contributed by atoms with van der Waals surface area (Å²) >= 11 is 0. The number of carbonyl (C=O) groups is 1. The molecule has 4 nitrogen and oxygen atoms in total. The van der Waals surface area contributed by atoms with Gasteiger partial charge in [-0.1, -0.05) is 6.92 Å². The van der Waals surface area contributed by atoms with E-state index >= 15 is 0 Å². The Bertz CT molecular complexity index is 307. The number of piperidine rings is 1. The van der Waals surface area contributed by atoms with Gasteiger partial charge in [0.05, 0.1) is 0 Å². The number of nitrogens with one attached hydrogen (secondary N) is 1. The molecule has 1 saturated heterocycles. The first kappa shape index (κ1) is 13.7. The Hall–Kier alpha value is -0.770. The highest BCUT2D eigenvalue weighted by atomic mass is 16.6. The van der Waals surface area contributed by atoms with E-state index in [0.29, 0.717) is 12.0 Å². The molecule has 0 radical (unpaired) electrons. The first-order valence-corrected chi connectivity index (χ1v) is 7.09. The maximum Gasteiger partial charge on any atom is 0.410 e. The van der Waals surface area contributed by atoms with Gasteiger partial charge in [0.25, 0.3) is 0 Å². The quantitative estimate of drug-likeness (QED) is 0.822. The lowest BCUT2D eigenvalue weighted by Gasteiger charge is -2.38. The SMILES string of the molecule is C[C@@H]1CN(C(=O)OC(C)(C)C)CC[C@@H]1NC1CC1. The molecule has 2 fully saturated rings. The van der Waals surface area contributed by atoms with E-state index in [1.54, 1.807) is 0 Å². The van der Waals surface area contributed by atoms with Gasteiger partial charge in [-0.3, -0.25) is 0 Å². The summed E-state index contributed by atoms with van der Waals surface area (Å²) in [5.74, 6) is 0.506. The number of hydrogen-bond donors (Lipinski definition) is 1. The third-order valence-electron chi connectivity index (χ3n) is 3.58. The van der Waals surface area contributed by atoms with Crippen LogP contribution in [0.25, 0.3) is 0 Å². The van der Waals surface area contributed by atoms with Crippen LogP contribution in [-0.4, -0.2) is 41.8 Å². The molecule has 2 atom stereocenters. The van der Waals surface area contributed by atoms with Crippen LogP contribution in [0.3, 0.4) is 0 Å². The third kappa shape index (κ3) is 3.87. The van der Waals surface area contributed by atoms with Crippen molar-refractivity contribution in [1.29, 1.82) is 0 Å². The second kappa shape index (κ2) is 5.08. The number of likely N-dealkylation sites (tertiary alicyclic amines) is 1. The highest BCUT2D eigenvalue weighted by molar-refractivity contribution is 5.68. The van der Waals surface area contributed by atoms with Gasteiger partial charge in [0, 0.05) is 25.2 Å². The zero-order valence-electron chi connectivity index (χ0n) is 12.0. The van der Waals surface area contributed by atoms with E-state index in [2.05, 4.69) is 12.2 Å². The molecular weight excluding hydrogens is 228 g/mol. The minimum Gasteiger partial charge on any atom is -0.444 e. The number of ether oxygens (including phenoxy) is 1. The average Bonchev–Trinajstić information content (AvgIpc) is 3.02. The van der Waals surface area contributed by atoms with E-state index in [4.69, 9.17) is 4.74 Å². The minimum atomic E-state index is -0.399. The van der Waals surface area contributed by atoms with E-state index in [-0.39, 0.29) is 6.09 Å². The Morgan fingerprint density at radius 1 is 1.28 bits per heavy atom. The maximum atomic E-state index is 12.0. The summed E-state index contributed by atoms with van der Waals surface area (Å²) in [6, 6.07) is 1.31. The predicted molar refractivity (Wildman–Crippen MR) is 71.5 cm³/mol. The van der Waals surface area contributed by atoms with E-state index in [1.807, 2.05) is 25.7 Å². The second-order valence-corrected chi connectivity index (χ2v) is 6.74. The summed E-state index contributed by atoms with van der Waals surface area (Å²) in [4.78, 5) is 13.8. The van der Waals surface area contributed by atoms with Crippen LogP contribution in [0.5, 0.6) is 0 Å². The fourth-order valence-electron chi connectivity index (χ4n) is 2.44. The molecule has 0 unspecified atom stereocenters. The zero-order chi connectivity index (χ0) is 13.3. The Morgan fingerprint density at radius 3 is 2.44 bits per heavy atom. The summed E-state index contributed by atoms with van der Waals surface area (Å²) in [6.07, 6.45) is 3.51. The van der Waals surface area contributed by atoms with Crippen LogP contribution in [-0.2, 0) is 4.74 Å². The van der Waals surface area contributed by atoms with Crippen LogP contribution in [0.2, 0.25) is 0 Å². The summed E-state index contributed by atoms with van der Waals surface area (Å²) in [5, 5.41) is 3.67. The van der Waals surface area contributed by atoms with Crippen molar-refractivity contribution in [3.63, 3.8) is 0 Å². The van der Waals surface area contributed by atoms with Gasteiger partial charge in [0.1, 0.15) is 5.60 Å². The molecule has 0 aromatic rings. The van der Waals surface area contributed by atoms with Crippen molar-refractivity contribution in [3.8, 4) is 0 Å². The van der Waals surface area contributed by atoms with Crippen molar-refractivity contribution < 1.29 is 9.53 Å². The maximum absolute atomic E-state index is 12.0. The Kier molecular flexibility index (Phi) is 3.85. The summed E-state index contributed by atoms with van der Waals surface area (Å²) < 4.78 is 5.42. The molecule has 0 aromatic heterocycles. The summed E-state index contributed by atoms with van der Waals surface area (Å²) in [6.45, 7) is 9.57. The molecule has 1 heterocycles. The van der Waals surface area contributed by atoms with Crippen molar-refractivity contribution in [2.75, 3.05) is 13.1 Å². The molecule has 104 valence electrons. The minimum absolute atomic E-state index is 0.167. The normalized spacial score (nSPS) is 29.2. The molecule has 2 aliphatic rings. The van der Waals surface area contributed by atoms with Crippen LogP contribution in [0.1, 0.15) is 47.0 Å². The van der Waals surface area contributed by atoms with Gasteiger partial charge in [-0.05, 0) is 46.0 Å². The molecule has 18 heavy (non-hydrogen) atoms. The lowest BCUT2D eigenvalue weighted by atomic mass is 9.94. The van der Waals surface area contributed by atoms with Crippen molar-refractivity contribution in [1.82, 2.24) is 10.2 Å². The molecule has 0 bridgehead atoms. The first-order valence-electron chi connectivity index (χ1n) is 7.09. The smallest absolute Gasteiger partial charge is 0.410 e. The van der Waals surface area contributed by atoms with E-state index < -0.39 is 5.60 Å². The van der Waals surface area contributed by atoms with Gasteiger partial charge in [-0.25, -0.2) is 4.79 Å². The molecular formula is C14H26N2O2. The van der Waals surface area contributed by atoms with Crippen LogP contribution < -0.4 is 5.32 Å². The summed E-state index contributed by atoms with van der Waals surface area (Å²) in [7, 11) is 0. The fraction of sp³-hybridized carbons (Fsp3) is 0.929. The highest BCUT2D eigenvalue weighted by Gasteiger charge is 2.34.